The standard InChI is InChI=1S/C10H16O2S/c1-13-7-3-4-9(11)8-10-5-2-6-12-10/h2,5-6,9,11H,3-4,7-8H2,1H3. The zero-order valence-corrected chi connectivity index (χ0v) is 8.72. The molecule has 0 aromatic carbocycles. The summed E-state index contributed by atoms with van der Waals surface area (Å²) in [6.07, 6.45) is 6.05. The van der Waals surface area contributed by atoms with Gasteiger partial charge in [0.05, 0.1) is 12.4 Å². The Labute approximate surface area is 83.3 Å². The molecule has 0 radical (unpaired) electrons. The first-order valence-corrected chi connectivity index (χ1v) is 5.91. The molecule has 13 heavy (non-hydrogen) atoms. The SMILES string of the molecule is CSCCCC(O)Cc1ccco1. The van der Waals surface area contributed by atoms with E-state index in [0.717, 1.165) is 24.4 Å². The molecular weight excluding hydrogens is 184 g/mol. The van der Waals surface area contributed by atoms with Crippen molar-refractivity contribution in [2.75, 3.05) is 12.0 Å². The maximum absolute atomic E-state index is 9.58. The number of hydrogen-bond donors (Lipinski definition) is 1. The lowest BCUT2D eigenvalue weighted by Gasteiger charge is -2.07. The molecule has 1 N–H and O–H groups in total. The first kappa shape index (κ1) is 10.7. The zero-order chi connectivity index (χ0) is 9.52. The molecule has 0 aliphatic heterocycles. The van der Waals surface area contributed by atoms with Crippen LogP contribution in [0.1, 0.15) is 18.6 Å². The number of rotatable bonds is 6. The van der Waals surface area contributed by atoms with Gasteiger partial charge in [-0.2, -0.15) is 11.8 Å². The minimum atomic E-state index is -0.252. The van der Waals surface area contributed by atoms with Crippen LogP contribution in [0.15, 0.2) is 22.8 Å². The Balaban J connectivity index is 2.14. The summed E-state index contributed by atoms with van der Waals surface area (Å²) in [5, 5.41) is 9.58. The van der Waals surface area contributed by atoms with Gasteiger partial charge in [-0.15, -0.1) is 0 Å². The van der Waals surface area contributed by atoms with Crippen molar-refractivity contribution in [3.63, 3.8) is 0 Å². The van der Waals surface area contributed by atoms with E-state index in [-0.39, 0.29) is 6.10 Å². The minimum Gasteiger partial charge on any atom is -0.469 e. The second-order valence-electron chi connectivity index (χ2n) is 3.07. The summed E-state index contributed by atoms with van der Waals surface area (Å²) in [6, 6.07) is 3.75. The van der Waals surface area contributed by atoms with Crippen LogP contribution < -0.4 is 0 Å². The van der Waals surface area contributed by atoms with E-state index in [2.05, 4.69) is 6.26 Å². The molecule has 1 atom stereocenters. The molecule has 3 heteroatoms. The van der Waals surface area contributed by atoms with Crippen LogP contribution >= 0.6 is 11.8 Å². The predicted octanol–water partition coefficient (Wildman–Crippen LogP) is 2.33. The summed E-state index contributed by atoms with van der Waals surface area (Å²) in [5.74, 6) is 1.99. The molecule has 0 saturated heterocycles. The van der Waals surface area contributed by atoms with E-state index in [1.165, 1.54) is 0 Å². The molecule has 1 unspecified atom stereocenters. The van der Waals surface area contributed by atoms with Crippen LogP contribution in [0.5, 0.6) is 0 Å². The van der Waals surface area contributed by atoms with Crippen molar-refractivity contribution in [3.05, 3.63) is 24.2 Å². The van der Waals surface area contributed by atoms with E-state index < -0.39 is 0 Å². The minimum absolute atomic E-state index is 0.252. The van der Waals surface area contributed by atoms with Crippen LogP contribution in [0, 0.1) is 0 Å². The predicted molar refractivity (Wildman–Crippen MR) is 56.0 cm³/mol. The third kappa shape index (κ3) is 4.39. The van der Waals surface area contributed by atoms with Gasteiger partial charge in [0.2, 0.25) is 0 Å². The Morgan fingerprint density at radius 3 is 3.08 bits per heavy atom. The highest BCUT2D eigenvalue weighted by atomic mass is 32.2. The van der Waals surface area contributed by atoms with Crippen LogP contribution in [0.4, 0.5) is 0 Å². The zero-order valence-electron chi connectivity index (χ0n) is 7.90. The highest BCUT2D eigenvalue weighted by Gasteiger charge is 2.06. The molecular formula is C10H16O2S. The van der Waals surface area contributed by atoms with Gasteiger partial charge in [0.15, 0.2) is 0 Å². The van der Waals surface area contributed by atoms with Gasteiger partial charge in [-0.1, -0.05) is 0 Å². The largest absolute Gasteiger partial charge is 0.469 e. The smallest absolute Gasteiger partial charge is 0.106 e. The van der Waals surface area contributed by atoms with Crippen molar-refractivity contribution in [2.45, 2.75) is 25.4 Å². The van der Waals surface area contributed by atoms with Crippen LogP contribution in [0.2, 0.25) is 0 Å². The Morgan fingerprint density at radius 2 is 2.46 bits per heavy atom. The van der Waals surface area contributed by atoms with E-state index in [0.29, 0.717) is 6.42 Å². The molecule has 1 rings (SSSR count). The molecule has 0 spiro atoms. The molecule has 0 amide bonds. The Kier molecular flexibility index (Phi) is 5.01. The van der Waals surface area contributed by atoms with Crippen LogP contribution in [-0.4, -0.2) is 23.2 Å². The van der Waals surface area contributed by atoms with Gasteiger partial charge >= 0.3 is 0 Å². The second-order valence-corrected chi connectivity index (χ2v) is 4.06. The summed E-state index contributed by atoms with van der Waals surface area (Å²) in [7, 11) is 0. The van der Waals surface area contributed by atoms with Crippen molar-refractivity contribution in [1.82, 2.24) is 0 Å². The first-order chi connectivity index (χ1) is 6.33. The molecule has 1 heterocycles. The molecule has 74 valence electrons. The Hall–Kier alpha value is -0.410. The molecule has 0 aliphatic rings. The quantitative estimate of drug-likeness (QED) is 0.715. The van der Waals surface area contributed by atoms with E-state index in [4.69, 9.17) is 4.42 Å². The molecule has 2 nitrogen and oxygen atoms in total. The van der Waals surface area contributed by atoms with Crippen molar-refractivity contribution in [3.8, 4) is 0 Å². The maximum Gasteiger partial charge on any atom is 0.106 e. The molecule has 1 aromatic heterocycles. The lowest BCUT2D eigenvalue weighted by atomic mass is 10.1. The topological polar surface area (TPSA) is 33.4 Å². The monoisotopic (exact) mass is 200 g/mol. The van der Waals surface area contributed by atoms with Gasteiger partial charge in [-0.05, 0) is 37.0 Å². The van der Waals surface area contributed by atoms with Gasteiger partial charge in [0.25, 0.3) is 0 Å². The molecule has 0 aliphatic carbocycles. The van der Waals surface area contributed by atoms with Gasteiger partial charge in [-0.25, -0.2) is 0 Å². The average molecular weight is 200 g/mol. The summed E-state index contributed by atoms with van der Waals surface area (Å²) in [6.45, 7) is 0. The second kappa shape index (κ2) is 6.11. The molecule has 1 aromatic rings. The number of hydrogen-bond acceptors (Lipinski definition) is 3. The first-order valence-electron chi connectivity index (χ1n) is 4.52. The number of furan rings is 1. The fourth-order valence-electron chi connectivity index (χ4n) is 1.23. The summed E-state index contributed by atoms with van der Waals surface area (Å²) >= 11 is 1.82. The average Bonchev–Trinajstić information content (AvgIpc) is 2.57. The summed E-state index contributed by atoms with van der Waals surface area (Å²) in [5.41, 5.74) is 0. The fourth-order valence-corrected chi connectivity index (χ4v) is 1.68. The van der Waals surface area contributed by atoms with Gasteiger partial charge in [0.1, 0.15) is 5.76 Å². The van der Waals surface area contributed by atoms with Gasteiger partial charge < -0.3 is 9.52 Å². The Bertz CT molecular complexity index is 209. The van der Waals surface area contributed by atoms with Crippen LogP contribution in [-0.2, 0) is 6.42 Å². The number of thioether (sulfide) groups is 1. The van der Waals surface area contributed by atoms with Crippen molar-refractivity contribution in [2.24, 2.45) is 0 Å². The van der Waals surface area contributed by atoms with E-state index in [9.17, 15) is 5.11 Å². The summed E-state index contributed by atoms with van der Waals surface area (Å²) < 4.78 is 5.15. The molecule has 0 fully saturated rings. The van der Waals surface area contributed by atoms with E-state index in [1.54, 1.807) is 6.26 Å². The van der Waals surface area contributed by atoms with Crippen molar-refractivity contribution >= 4 is 11.8 Å². The molecule has 0 bridgehead atoms. The van der Waals surface area contributed by atoms with Crippen molar-refractivity contribution in [1.29, 1.82) is 0 Å². The van der Waals surface area contributed by atoms with Gasteiger partial charge in [0, 0.05) is 6.42 Å². The van der Waals surface area contributed by atoms with Crippen LogP contribution in [0.3, 0.4) is 0 Å². The lowest BCUT2D eigenvalue weighted by Crippen LogP contribution is -2.09. The summed E-state index contributed by atoms with van der Waals surface area (Å²) in [4.78, 5) is 0. The Morgan fingerprint density at radius 1 is 1.62 bits per heavy atom. The fraction of sp³-hybridized carbons (Fsp3) is 0.600. The van der Waals surface area contributed by atoms with Gasteiger partial charge in [-0.3, -0.25) is 0 Å². The normalized spacial score (nSPS) is 13.1. The van der Waals surface area contributed by atoms with Crippen LogP contribution in [0.25, 0.3) is 0 Å². The lowest BCUT2D eigenvalue weighted by molar-refractivity contribution is 0.157. The molecule has 0 saturated carbocycles. The van der Waals surface area contributed by atoms with E-state index in [1.807, 2.05) is 23.9 Å². The third-order valence-corrected chi connectivity index (χ3v) is 2.60. The maximum atomic E-state index is 9.58. The number of aliphatic hydroxyl groups is 1. The van der Waals surface area contributed by atoms with Crippen molar-refractivity contribution < 1.29 is 9.52 Å². The van der Waals surface area contributed by atoms with E-state index >= 15 is 0 Å². The highest BCUT2D eigenvalue weighted by Crippen LogP contribution is 2.09. The number of aliphatic hydroxyl groups excluding tert-OH is 1. The third-order valence-electron chi connectivity index (χ3n) is 1.90. The highest BCUT2D eigenvalue weighted by molar-refractivity contribution is 7.98.